The highest BCUT2D eigenvalue weighted by Gasteiger charge is 2.29. The molecule has 0 aromatic rings. The van der Waals surface area contributed by atoms with E-state index in [1.165, 1.54) is 6.08 Å². The van der Waals surface area contributed by atoms with Crippen LogP contribution in [0.1, 0.15) is 19.3 Å². The van der Waals surface area contributed by atoms with Crippen molar-refractivity contribution in [3.05, 3.63) is 12.7 Å². The summed E-state index contributed by atoms with van der Waals surface area (Å²) in [6.45, 7) is 3.96. The molecule has 0 amide bonds. The van der Waals surface area contributed by atoms with E-state index in [1.54, 1.807) is 0 Å². The third kappa shape index (κ3) is 3.02. The lowest BCUT2D eigenvalue weighted by molar-refractivity contribution is -0.141. The Kier molecular flexibility index (Phi) is 4.54. The second kappa shape index (κ2) is 4.90. The van der Waals surface area contributed by atoms with Crippen LogP contribution in [-0.4, -0.2) is 23.2 Å². The van der Waals surface area contributed by atoms with Gasteiger partial charge in [0.1, 0.15) is 5.54 Å². The second-order valence-electron chi connectivity index (χ2n) is 2.80. The fourth-order valence-electron chi connectivity index (χ4n) is 0.858. The molecule has 0 fully saturated rings. The number of unbranched alkanes of at least 4 members (excludes halogenated alkanes) is 1. The minimum absolute atomic E-state index is 0.392. The van der Waals surface area contributed by atoms with E-state index in [0.717, 1.165) is 6.42 Å². The van der Waals surface area contributed by atoms with E-state index >= 15 is 0 Å². The number of nitrogens with two attached hydrogens (primary N) is 2. The van der Waals surface area contributed by atoms with Gasteiger partial charge in [-0.15, -0.1) is 6.58 Å². The van der Waals surface area contributed by atoms with Crippen molar-refractivity contribution in [2.75, 3.05) is 6.54 Å². The maximum atomic E-state index is 10.6. The summed E-state index contributed by atoms with van der Waals surface area (Å²) in [5.74, 6) is -1.03. The third-order valence-corrected chi connectivity index (χ3v) is 1.81. The van der Waals surface area contributed by atoms with Gasteiger partial charge in [0, 0.05) is 0 Å². The van der Waals surface area contributed by atoms with Crippen LogP contribution >= 0.6 is 0 Å². The topological polar surface area (TPSA) is 89.3 Å². The fourth-order valence-corrected chi connectivity index (χ4v) is 0.858. The summed E-state index contributed by atoms with van der Waals surface area (Å²) in [6, 6.07) is 0. The van der Waals surface area contributed by atoms with E-state index in [1.807, 2.05) is 0 Å². The van der Waals surface area contributed by atoms with Crippen LogP contribution in [0.3, 0.4) is 0 Å². The number of carbonyl (C=O) groups is 1. The first-order valence-electron chi connectivity index (χ1n) is 3.93. The number of carboxylic acids is 1. The van der Waals surface area contributed by atoms with Crippen LogP contribution < -0.4 is 11.5 Å². The van der Waals surface area contributed by atoms with Crippen LogP contribution in [0.15, 0.2) is 12.7 Å². The van der Waals surface area contributed by atoms with Gasteiger partial charge >= 0.3 is 5.97 Å². The fraction of sp³-hybridized carbons (Fsp3) is 0.625. The van der Waals surface area contributed by atoms with Crippen molar-refractivity contribution < 1.29 is 9.90 Å². The second-order valence-corrected chi connectivity index (χ2v) is 2.80. The molecule has 0 aliphatic rings. The van der Waals surface area contributed by atoms with E-state index in [4.69, 9.17) is 16.6 Å². The lowest BCUT2D eigenvalue weighted by Gasteiger charge is -2.19. The lowest BCUT2D eigenvalue weighted by Crippen LogP contribution is -2.45. The van der Waals surface area contributed by atoms with Gasteiger partial charge in [0.25, 0.3) is 0 Å². The summed E-state index contributed by atoms with van der Waals surface area (Å²) in [6.07, 6.45) is 3.17. The van der Waals surface area contributed by atoms with Crippen molar-refractivity contribution in [1.29, 1.82) is 0 Å². The van der Waals surface area contributed by atoms with Gasteiger partial charge in [0.15, 0.2) is 0 Å². The summed E-state index contributed by atoms with van der Waals surface area (Å²) in [7, 11) is 0. The van der Waals surface area contributed by atoms with Crippen molar-refractivity contribution in [3.8, 4) is 0 Å². The SMILES string of the molecule is C=C[C@@](N)(CCCCN)C(=O)O. The highest BCUT2D eigenvalue weighted by atomic mass is 16.4. The number of carboxylic acid groups (broad SMARTS) is 1. The molecule has 70 valence electrons. The summed E-state index contributed by atoms with van der Waals surface area (Å²) >= 11 is 0. The molecule has 0 radical (unpaired) electrons. The van der Waals surface area contributed by atoms with E-state index in [-0.39, 0.29) is 0 Å². The van der Waals surface area contributed by atoms with Crippen molar-refractivity contribution in [2.24, 2.45) is 11.5 Å². The first-order chi connectivity index (χ1) is 5.56. The van der Waals surface area contributed by atoms with Gasteiger partial charge in [0.05, 0.1) is 0 Å². The van der Waals surface area contributed by atoms with Gasteiger partial charge in [-0.05, 0) is 25.8 Å². The Bertz CT molecular complexity index is 170. The molecule has 4 heteroatoms. The quantitative estimate of drug-likeness (QED) is 0.391. The van der Waals surface area contributed by atoms with Crippen LogP contribution in [0.4, 0.5) is 0 Å². The molecule has 0 unspecified atom stereocenters. The molecule has 1 atom stereocenters. The van der Waals surface area contributed by atoms with E-state index in [2.05, 4.69) is 6.58 Å². The molecule has 0 saturated carbocycles. The standard InChI is InChI=1S/C8H16N2O2/c1-2-8(10,7(11)12)5-3-4-6-9/h2H,1,3-6,9-10H2,(H,11,12)/t8-/m1/s1. The van der Waals surface area contributed by atoms with E-state index < -0.39 is 11.5 Å². The monoisotopic (exact) mass is 172 g/mol. The zero-order chi connectivity index (χ0) is 9.61. The van der Waals surface area contributed by atoms with Crippen molar-refractivity contribution in [3.63, 3.8) is 0 Å². The van der Waals surface area contributed by atoms with Gasteiger partial charge in [-0.3, -0.25) is 0 Å². The zero-order valence-corrected chi connectivity index (χ0v) is 7.12. The largest absolute Gasteiger partial charge is 0.480 e. The van der Waals surface area contributed by atoms with Gasteiger partial charge in [-0.1, -0.05) is 6.08 Å². The normalized spacial score (nSPS) is 15.2. The van der Waals surface area contributed by atoms with Gasteiger partial charge in [0.2, 0.25) is 0 Å². The molecule has 0 saturated heterocycles. The highest BCUT2D eigenvalue weighted by Crippen LogP contribution is 2.12. The minimum atomic E-state index is -1.28. The molecule has 0 aliphatic carbocycles. The average Bonchev–Trinajstić information content (AvgIpc) is 2.04. The molecular formula is C8H16N2O2. The Hall–Kier alpha value is -0.870. The number of hydrogen-bond acceptors (Lipinski definition) is 3. The van der Waals surface area contributed by atoms with Crippen LogP contribution in [0.2, 0.25) is 0 Å². The zero-order valence-electron chi connectivity index (χ0n) is 7.12. The number of hydrogen-bond donors (Lipinski definition) is 3. The summed E-state index contributed by atoms with van der Waals surface area (Å²) in [5, 5.41) is 8.70. The van der Waals surface area contributed by atoms with Crippen LogP contribution in [-0.2, 0) is 4.79 Å². The molecule has 0 bridgehead atoms. The summed E-state index contributed by atoms with van der Waals surface area (Å²) < 4.78 is 0. The van der Waals surface area contributed by atoms with Crippen LogP contribution in [0.5, 0.6) is 0 Å². The molecule has 0 rings (SSSR count). The van der Waals surface area contributed by atoms with Gasteiger partial charge in [-0.25, -0.2) is 4.79 Å². The van der Waals surface area contributed by atoms with Gasteiger partial charge in [-0.2, -0.15) is 0 Å². The summed E-state index contributed by atoms with van der Waals surface area (Å²) in [5.41, 5.74) is 9.50. The molecular weight excluding hydrogens is 156 g/mol. The number of rotatable bonds is 6. The first kappa shape index (κ1) is 11.1. The molecule has 5 N–H and O–H groups in total. The van der Waals surface area contributed by atoms with Crippen molar-refractivity contribution >= 4 is 5.97 Å². The minimum Gasteiger partial charge on any atom is -0.480 e. The molecule has 0 aliphatic heterocycles. The molecule has 0 aromatic heterocycles. The molecule has 0 aromatic carbocycles. The Morgan fingerprint density at radius 2 is 2.17 bits per heavy atom. The molecule has 0 spiro atoms. The molecule has 0 heterocycles. The van der Waals surface area contributed by atoms with E-state index in [9.17, 15) is 4.79 Å². The Balaban J connectivity index is 3.97. The maximum absolute atomic E-state index is 10.6. The molecule has 12 heavy (non-hydrogen) atoms. The van der Waals surface area contributed by atoms with Crippen LogP contribution in [0.25, 0.3) is 0 Å². The smallest absolute Gasteiger partial charge is 0.327 e. The van der Waals surface area contributed by atoms with Crippen LogP contribution in [0, 0.1) is 0 Å². The third-order valence-electron chi connectivity index (χ3n) is 1.81. The Morgan fingerprint density at radius 1 is 1.58 bits per heavy atom. The molecule has 4 nitrogen and oxygen atoms in total. The predicted octanol–water partition coefficient (Wildman–Crippen LogP) is 0.0835. The summed E-state index contributed by atoms with van der Waals surface area (Å²) in [4.78, 5) is 10.6. The van der Waals surface area contributed by atoms with E-state index in [0.29, 0.717) is 19.4 Å². The van der Waals surface area contributed by atoms with Crippen molar-refractivity contribution in [2.45, 2.75) is 24.8 Å². The number of aliphatic carboxylic acids is 1. The average molecular weight is 172 g/mol. The maximum Gasteiger partial charge on any atom is 0.327 e. The lowest BCUT2D eigenvalue weighted by atomic mass is 9.94. The highest BCUT2D eigenvalue weighted by molar-refractivity contribution is 5.80. The Morgan fingerprint density at radius 3 is 2.50 bits per heavy atom. The van der Waals surface area contributed by atoms with Crippen molar-refractivity contribution in [1.82, 2.24) is 0 Å². The van der Waals surface area contributed by atoms with Gasteiger partial charge < -0.3 is 16.6 Å². The first-order valence-corrected chi connectivity index (χ1v) is 3.93. The predicted molar refractivity (Wildman–Crippen MR) is 47.7 cm³/mol. The Labute approximate surface area is 72.2 Å².